The maximum absolute atomic E-state index is 11.2. The van der Waals surface area contributed by atoms with E-state index in [0.717, 1.165) is 22.6 Å². The maximum Gasteiger partial charge on any atom is 0.221 e. The number of nitrogens with zero attached hydrogens (tertiary/aromatic N) is 4. The average molecular weight is 386 g/mol. The molecule has 0 aliphatic heterocycles. The van der Waals surface area contributed by atoms with Crippen LogP contribution in [-0.2, 0) is 4.79 Å². The normalized spacial score (nSPS) is 11.0. The van der Waals surface area contributed by atoms with E-state index < -0.39 is 0 Å². The number of anilines is 3. The zero-order valence-electron chi connectivity index (χ0n) is 16.5. The van der Waals surface area contributed by atoms with Gasteiger partial charge in [-0.3, -0.25) is 4.79 Å². The topological polar surface area (TPSA) is 84.7 Å². The van der Waals surface area contributed by atoms with Crippen LogP contribution in [-0.4, -0.2) is 25.4 Å². The largest absolute Gasteiger partial charge is 0.338 e. The highest BCUT2D eigenvalue weighted by Crippen LogP contribution is 2.28. The van der Waals surface area contributed by atoms with E-state index >= 15 is 0 Å². The third kappa shape index (κ3) is 3.94. The standard InChI is InChI=1S/C22H22N6O/c1-14(2)28-13-23-19-21(25-18-11-9-17(10-12-18)24-15(3)29)26-20(27-22(19)28)16-7-5-4-6-8-16/h4-14H,1-3H3,(H,24,29)(H,25,26,27). The van der Waals surface area contributed by atoms with Crippen molar-refractivity contribution in [3.63, 3.8) is 0 Å². The molecular formula is C22H22N6O. The highest BCUT2D eigenvalue weighted by Gasteiger charge is 2.16. The quantitative estimate of drug-likeness (QED) is 0.516. The first-order valence-corrected chi connectivity index (χ1v) is 9.46. The predicted molar refractivity (Wildman–Crippen MR) is 115 cm³/mol. The number of fused-ring (bicyclic) bond motifs is 1. The lowest BCUT2D eigenvalue weighted by Crippen LogP contribution is -2.06. The van der Waals surface area contributed by atoms with Crippen LogP contribution in [0.3, 0.4) is 0 Å². The fourth-order valence-corrected chi connectivity index (χ4v) is 3.07. The van der Waals surface area contributed by atoms with Crippen LogP contribution in [0.15, 0.2) is 60.9 Å². The number of aromatic nitrogens is 4. The minimum Gasteiger partial charge on any atom is -0.338 e. The van der Waals surface area contributed by atoms with Crippen LogP contribution < -0.4 is 10.6 Å². The molecule has 4 rings (SSSR count). The molecule has 0 aliphatic carbocycles. The minimum absolute atomic E-state index is 0.102. The number of carbonyl (C=O) groups is 1. The van der Waals surface area contributed by atoms with E-state index in [9.17, 15) is 4.79 Å². The summed E-state index contributed by atoms with van der Waals surface area (Å²) in [6.45, 7) is 5.68. The van der Waals surface area contributed by atoms with E-state index in [2.05, 4.69) is 29.5 Å². The van der Waals surface area contributed by atoms with E-state index in [-0.39, 0.29) is 11.9 Å². The molecule has 2 N–H and O–H groups in total. The van der Waals surface area contributed by atoms with Crippen LogP contribution >= 0.6 is 0 Å². The van der Waals surface area contributed by atoms with Crippen molar-refractivity contribution in [1.82, 2.24) is 19.5 Å². The highest BCUT2D eigenvalue weighted by atomic mass is 16.1. The van der Waals surface area contributed by atoms with Gasteiger partial charge in [-0.05, 0) is 38.1 Å². The van der Waals surface area contributed by atoms with Gasteiger partial charge in [-0.25, -0.2) is 15.0 Å². The fourth-order valence-electron chi connectivity index (χ4n) is 3.07. The number of imidazole rings is 1. The molecule has 0 fully saturated rings. The van der Waals surface area contributed by atoms with Gasteiger partial charge in [0.25, 0.3) is 0 Å². The number of nitrogens with one attached hydrogen (secondary N) is 2. The van der Waals surface area contributed by atoms with Gasteiger partial charge in [0.2, 0.25) is 5.91 Å². The van der Waals surface area contributed by atoms with E-state index in [0.29, 0.717) is 17.2 Å². The van der Waals surface area contributed by atoms with Gasteiger partial charge >= 0.3 is 0 Å². The Morgan fingerprint density at radius 1 is 0.966 bits per heavy atom. The molecule has 0 saturated heterocycles. The van der Waals surface area contributed by atoms with Gasteiger partial charge in [0.15, 0.2) is 22.8 Å². The van der Waals surface area contributed by atoms with E-state index in [1.54, 1.807) is 6.33 Å². The van der Waals surface area contributed by atoms with Crippen molar-refractivity contribution in [3.05, 3.63) is 60.9 Å². The Morgan fingerprint density at radius 3 is 2.31 bits per heavy atom. The molecule has 4 aromatic rings. The van der Waals surface area contributed by atoms with Crippen molar-refractivity contribution in [2.24, 2.45) is 0 Å². The van der Waals surface area contributed by atoms with Crippen molar-refractivity contribution >= 4 is 34.3 Å². The molecule has 146 valence electrons. The van der Waals surface area contributed by atoms with E-state index in [4.69, 9.17) is 9.97 Å². The molecular weight excluding hydrogens is 364 g/mol. The summed E-state index contributed by atoms with van der Waals surface area (Å²) in [6.07, 6.45) is 1.80. The molecule has 0 spiro atoms. The second-order valence-corrected chi connectivity index (χ2v) is 7.06. The molecule has 2 aromatic carbocycles. The molecule has 0 unspecified atom stereocenters. The van der Waals surface area contributed by atoms with Crippen LogP contribution in [0.2, 0.25) is 0 Å². The minimum atomic E-state index is -0.102. The first-order valence-electron chi connectivity index (χ1n) is 9.46. The first kappa shape index (κ1) is 18.6. The van der Waals surface area contributed by atoms with Gasteiger partial charge < -0.3 is 15.2 Å². The number of carbonyl (C=O) groups excluding carboxylic acids is 1. The van der Waals surface area contributed by atoms with Gasteiger partial charge in [-0.1, -0.05) is 30.3 Å². The zero-order chi connectivity index (χ0) is 20.4. The van der Waals surface area contributed by atoms with Crippen LogP contribution in [0.1, 0.15) is 26.8 Å². The van der Waals surface area contributed by atoms with Crippen LogP contribution in [0, 0.1) is 0 Å². The monoisotopic (exact) mass is 386 g/mol. The van der Waals surface area contributed by atoms with E-state index in [1.165, 1.54) is 6.92 Å². The Labute approximate surface area is 168 Å². The third-order valence-electron chi connectivity index (χ3n) is 4.48. The van der Waals surface area contributed by atoms with Crippen molar-refractivity contribution in [2.45, 2.75) is 26.8 Å². The molecule has 0 saturated carbocycles. The maximum atomic E-state index is 11.2. The van der Waals surface area contributed by atoms with E-state index in [1.807, 2.05) is 59.2 Å². The summed E-state index contributed by atoms with van der Waals surface area (Å²) in [5.41, 5.74) is 4.02. The average Bonchev–Trinajstić information content (AvgIpc) is 3.14. The van der Waals surface area contributed by atoms with Crippen LogP contribution in [0.5, 0.6) is 0 Å². The van der Waals surface area contributed by atoms with Crippen LogP contribution in [0.4, 0.5) is 17.2 Å². The molecule has 1 amide bonds. The Kier molecular flexibility index (Phi) is 4.95. The number of amides is 1. The Hall–Kier alpha value is -3.74. The summed E-state index contributed by atoms with van der Waals surface area (Å²) < 4.78 is 2.04. The molecule has 29 heavy (non-hydrogen) atoms. The summed E-state index contributed by atoms with van der Waals surface area (Å²) >= 11 is 0. The first-order chi connectivity index (χ1) is 14.0. The number of hydrogen-bond acceptors (Lipinski definition) is 5. The molecule has 0 radical (unpaired) electrons. The summed E-state index contributed by atoms with van der Waals surface area (Å²) in [4.78, 5) is 25.3. The summed E-state index contributed by atoms with van der Waals surface area (Å²) in [5.74, 6) is 1.17. The molecule has 7 nitrogen and oxygen atoms in total. The third-order valence-corrected chi connectivity index (χ3v) is 4.48. The number of hydrogen-bond donors (Lipinski definition) is 2. The second kappa shape index (κ2) is 7.71. The second-order valence-electron chi connectivity index (χ2n) is 7.06. The smallest absolute Gasteiger partial charge is 0.221 e. The summed E-state index contributed by atoms with van der Waals surface area (Å²) in [5, 5.41) is 6.11. The van der Waals surface area contributed by atoms with Crippen molar-refractivity contribution < 1.29 is 4.79 Å². The summed E-state index contributed by atoms with van der Waals surface area (Å²) in [6, 6.07) is 17.6. The lowest BCUT2D eigenvalue weighted by atomic mass is 10.2. The van der Waals surface area contributed by atoms with Gasteiger partial charge in [-0.2, -0.15) is 0 Å². The summed E-state index contributed by atoms with van der Waals surface area (Å²) in [7, 11) is 0. The molecule has 0 aliphatic rings. The van der Waals surface area contributed by atoms with Gasteiger partial charge in [0.05, 0.1) is 6.33 Å². The molecule has 0 atom stereocenters. The van der Waals surface area contributed by atoms with Crippen molar-refractivity contribution in [2.75, 3.05) is 10.6 Å². The fraction of sp³-hybridized carbons (Fsp3) is 0.182. The van der Waals surface area contributed by atoms with Gasteiger partial charge in [-0.15, -0.1) is 0 Å². The number of benzene rings is 2. The lowest BCUT2D eigenvalue weighted by molar-refractivity contribution is -0.114. The molecule has 0 bridgehead atoms. The SMILES string of the molecule is CC(=O)Nc1ccc(Nc2nc(-c3ccccc3)nc3c2ncn3C(C)C)cc1. The van der Waals surface area contributed by atoms with Crippen molar-refractivity contribution in [1.29, 1.82) is 0 Å². The number of rotatable bonds is 5. The Balaban J connectivity index is 1.77. The predicted octanol–water partition coefficient (Wildman–Crippen LogP) is 4.78. The molecule has 2 heterocycles. The van der Waals surface area contributed by atoms with Gasteiger partial charge in [0.1, 0.15) is 0 Å². The van der Waals surface area contributed by atoms with Gasteiger partial charge in [0, 0.05) is 29.9 Å². The Morgan fingerprint density at radius 2 is 1.66 bits per heavy atom. The molecule has 2 aromatic heterocycles. The molecule has 7 heteroatoms. The Bertz CT molecular complexity index is 1150. The zero-order valence-corrected chi connectivity index (χ0v) is 16.5. The highest BCUT2D eigenvalue weighted by molar-refractivity contribution is 5.90. The van der Waals surface area contributed by atoms with Crippen LogP contribution in [0.25, 0.3) is 22.6 Å². The van der Waals surface area contributed by atoms with Crippen molar-refractivity contribution in [3.8, 4) is 11.4 Å². The lowest BCUT2D eigenvalue weighted by Gasteiger charge is -2.12.